The summed E-state index contributed by atoms with van der Waals surface area (Å²) in [7, 11) is 0. The van der Waals surface area contributed by atoms with Crippen LogP contribution in [0.2, 0.25) is 0 Å². The summed E-state index contributed by atoms with van der Waals surface area (Å²) in [6, 6.07) is 0. The Morgan fingerprint density at radius 3 is 1.02 bits per heavy atom. The van der Waals surface area contributed by atoms with Gasteiger partial charge >= 0.3 is 5.97 Å². The van der Waals surface area contributed by atoms with E-state index in [1.165, 1.54) is 12.8 Å². The van der Waals surface area contributed by atoms with Crippen LogP contribution in [0.5, 0.6) is 0 Å². The van der Waals surface area contributed by atoms with Crippen LogP contribution in [0.1, 0.15) is 65.7 Å². The van der Waals surface area contributed by atoms with E-state index in [1.807, 2.05) is 6.92 Å². The molecule has 0 amide bonds. The molecule has 0 saturated heterocycles. The van der Waals surface area contributed by atoms with Crippen molar-refractivity contribution in [3.63, 3.8) is 0 Å². The van der Waals surface area contributed by atoms with E-state index in [0.29, 0.717) is 112 Å². The van der Waals surface area contributed by atoms with Gasteiger partial charge in [-0.05, 0) is 19.3 Å². The maximum atomic E-state index is 12.0. The van der Waals surface area contributed by atoms with Gasteiger partial charge in [0.25, 0.3) is 0 Å². The van der Waals surface area contributed by atoms with Crippen LogP contribution in [0.25, 0.3) is 0 Å². The van der Waals surface area contributed by atoms with Crippen molar-refractivity contribution >= 4 is 5.97 Å². The van der Waals surface area contributed by atoms with Gasteiger partial charge in [-0.3, -0.25) is 4.79 Å². The topological polar surface area (TPSA) is 109 Å². The van der Waals surface area contributed by atoms with Crippen molar-refractivity contribution < 1.29 is 52.2 Å². The van der Waals surface area contributed by atoms with E-state index in [4.69, 9.17) is 47.4 Å². The van der Waals surface area contributed by atoms with E-state index < -0.39 is 0 Å². The van der Waals surface area contributed by atoms with Gasteiger partial charge < -0.3 is 47.4 Å². The molecule has 0 rings (SSSR count). The number of carbonyl (C=O) groups excluding carboxylic acids is 1. The Hall–Kier alpha value is -0.890. The smallest absolute Gasteiger partial charge is 0.308 e. The molecule has 42 heavy (non-hydrogen) atoms. The van der Waals surface area contributed by atoms with Crippen molar-refractivity contribution in [1.29, 1.82) is 0 Å². The SMILES string of the molecule is CCCCCOCCOCCOCCOCCOCCOCCOCCOCCOCCOC(=O)C(CC)CCCC. The van der Waals surface area contributed by atoms with Crippen LogP contribution >= 0.6 is 0 Å². The number of hydrogen-bond donors (Lipinski definition) is 0. The Morgan fingerprint density at radius 1 is 0.405 bits per heavy atom. The average Bonchev–Trinajstić information content (AvgIpc) is 3.00. The van der Waals surface area contributed by atoms with Crippen LogP contribution in [0.15, 0.2) is 0 Å². The fourth-order valence-electron chi connectivity index (χ4n) is 3.57. The summed E-state index contributed by atoms with van der Waals surface area (Å²) in [5.74, 6) is -0.115. The van der Waals surface area contributed by atoms with Crippen molar-refractivity contribution in [2.24, 2.45) is 5.92 Å². The summed E-state index contributed by atoms with van der Waals surface area (Å²) in [5, 5.41) is 0. The monoisotopic (exact) mass is 610 g/mol. The van der Waals surface area contributed by atoms with Gasteiger partial charge in [0.05, 0.1) is 118 Å². The predicted octanol–water partition coefficient (Wildman–Crippen LogP) is 4.09. The lowest BCUT2D eigenvalue weighted by molar-refractivity contribution is -0.150. The first-order chi connectivity index (χ1) is 20.8. The lowest BCUT2D eigenvalue weighted by Gasteiger charge is -2.13. The van der Waals surface area contributed by atoms with Gasteiger partial charge in [0.15, 0.2) is 0 Å². The number of ether oxygens (including phenoxy) is 10. The van der Waals surface area contributed by atoms with E-state index in [2.05, 4.69) is 13.8 Å². The zero-order chi connectivity index (χ0) is 30.6. The van der Waals surface area contributed by atoms with Gasteiger partial charge in [0.1, 0.15) is 6.61 Å². The number of esters is 1. The second kappa shape index (κ2) is 36.3. The Kier molecular flexibility index (Phi) is 35.5. The molecular weight excluding hydrogens is 548 g/mol. The average molecular weight is 611 g/mol. The molecule has 0 saturated carbocycles. The summed E-state index contributed by atoms with van der Waals surface area (Å²) in [6.45, 7) is 16.2. The van der Waals surface area contributed by atoms with Gasteiger partial charge in [0.2, 0.25) is 0 Å². The standard InChI is InChI=1S/C31H62O11/c1-4-7-9-11-33-12-13-34-14-15-35-16-17-36-18-19-37-20-21-38-22-23-39-24-25-40-26-27-41-28-29-42-31(32)30(6-3)10-8-5-2/h30H,4-29H2,1-3H3. The van der Waals surface area contributed by atoms with Crippen molar-refractivity contribution in [1.82, 2.24) is 0 Å². The van der Waals surface area contributed by atoms with E-state index in [1.54, 1.807) is 0 Å². The molecule has 11 heteroatoms. The number of carbonyl (C=O) groups is 1. The Balaban J connectivity index is 3.15. The minimum absolute atomic E-state index is 0.00143. The van der Waals surface area contributed by atoms with E-state index in [0.717, 1.165) is 38.7 Å². The summed E-state index contributed by atoms with van der Waals surface area (Å²) in [4.78, 5) is 12.0. The molecular formula is C31H62O11. The highest BCUT2D eigenvalue weighted by Gasteiger charge is 2.16. The summed E-state index contributed by atoms with van der Waals surface area (Å²) >= 11 is 0. The van der Waals surface area contributed by atoms with Gasteiger partial charge in [-0.15, -0.1) is 0 Å². The van der Waals surface area contributed by atoms with E-state index in [-0.39, 0.29) is 18.5 Å². The molecule has 11 nitrogen and oxygen atoms in total. The van der Waals surface area contributed by atoms with Crippen molar-refractivity contribution in [3.8, 4) is 0 Å². The van der Waals surface area contributed by atoms with E-state index in [9.17, 15) is 4.79 Å². The quantitative estimate of drug-likeness (QED) is 0.0756. The highest BCUT2D eigenvalue weighted by Crippen LogP contribution is 2.14. The molecule has 1 atom stereocenters. The zero-order valence-electron chi connectivity index (χ0n) is 27.0. The largest absolute Gasteiger partial charge is 0.463 e. The summed E-state index contributed by atoms with van der Waals surface area (Å²) in [5.41, 5.74) is 0. The molecule has 0 N–H and O–H groups in total. The third kappa shape index (κ3) is 32.0. The van der Waals surface area contributed by atoms with Crippen molar-refractivity contribution in [2.45, 2.75) is 65.7 Å². The van der Waals surface area contributed by atoms with Crippen molar-refractivity contribution in [3.05, 3.63) is 0 Å². The van der Waals surface area contributed by atoms with Crippen LogP contribution < -0.4 is 0 Å². The fourth-order valence-corrected chi connectivity index (χ4v) is 3.57. The molecule has 0 fully saturated rings. The second-order valence-corrected chi connectivity index (χ2v) is 9.63. The summed E-state index contributed by atoms with van der Waals surface area (Å²) < 4.78 is 54.5. The Labute approximate surface area is 255 Å². The molecule has 1 unspecified atom stereocenters. The first kappa shape index (κ1) is 41.1. The molecule has 0 aromatic heterocycles. The minimum atomic E-state index is -0.116. The number of rotatable bonds is 36. The van der Waals surface area contributed by atoms with Crippen LogP contribution in [-0.4, -0.2) is 132 Å². The van der Waals surface area contributed by atoms with Gasteiger partial charge in [-0.25, -0.2) is 0 Å². The molecule has 0 bridgehead atoms. The number of hydrogen-bond acceptors (Lipinski definition) is 11. The fraction of sp³-hybridized carbons (Fsp3) is 0.968. The van der Waals surface area contributed by atoms with Gasteiger partial charge in [0, 0.05) is 6.61 Å². The van der Waals surface area contributed by atoms with Crippen molar-refractivity contribution in [2.75, 3.05) is 126 Å². The minimum Gasteiger partial charge on any atom is -0.463 e. The molecule has 0 aromatic carbocycles. The molecule has 0 heterocycles. The molecule has 0 aliphatic carbocycles. The Morgan fingerprint density at radius 2 is 0.714 bits per heavy atom. The molecule has 0 radical (unpaired) electrons. The highest BCUT2D eigenvalue weighted by molar-refractivity contribution is 5.72. The van der Waals surface area contributed by atoms with Crippen LogP contribution in [0.3, 0.4) is 0 Å². The van der Waals surface area contributed by atoms with Crippen LogP contribution in [0.4, 0.5) is 0 Å². The highest BCUT2D eigenvalue weighted by atomic mass is 16.6. The molecule has 252 valence electrons. The predicted molar refractivity (Wildman–Crippen MR) is 161 cm³/mol. The first-order valence-electron chi connectivity index (χ1n) is 16.1. The molecule has 0 spiro atoms. The Bertz CT molecular complexity index is 525. The van der Waals surface area contributed by atoms with Crippen LogP contribution in [0, 0.1) is 5.92 Å². The third-order valence-corrected chi connectivity index (χ3v) is 6.07. The summed E-state index contributed by atoms with van der Waals surface area (Å²) in [6.07, 6.45) is 7.39. The third-order valence-electron chi connectivity index (χ3n) is 6.07. The molecule has 0 aliphatic rings. The second-order valence-electron chi connectivity index (χ2n) is 9.63. The molecule has 0 aromatic rings. The number of unbranched alkanes of at least 4 members (excludes halogenated alkanes) is 3. The van der Waals surface area contributed by atoms with Crippen LogP contribution in [-0.2, 0) is 52.2 Å². The lowest BCUT2D eigenvalue weighted by atomic mass is 10.00. The van der Waals surface area contributed by atoms with Gasteiger partial charge in [-0.2, -0.15) is 0 Å². The first-order valence-corrected chi connectivity index (χ1v) is 16.1. The normalized spacial score (nSPS) is 12.2. The lowest BCUT2D eigenvalue weighted by Crippen LogP contribution is -2.20. The maximum absolute atomic E-state index is 12.0. The van der Waals surface area contributed by atoms with Gasteiger partial charge in [-0.1, -0.05) is 46.5 Å². The maximum Gasteiger partial charge on any atom is 0.308 e. The zero-order valence-corrected chi connectivity index (χ0v) is 27.0. The van der Waals surface area contributed by atoms with E-state index >= 15 is 0 Å². The molecule has 0 aliphatic heterocycles.